The van der Waals surface area contributed by atoms with Crippen LogP contribution in [0, 0.1) is 16.0 Å². The van der Waals surface area contributed by atoms with Gasteiger partial charge in [0.2, 0.25) is 5.91 Å². The van der Waals surface area contributed by atoms with E-state index >= 15 is 0 Å². The molecule has 1 unspecified atom stereocenters. The number of amides is 1. The molecule has 9 nitrogen and oxygen atoms in total. The molecule has 1 aromatic rings. The molecule has 2 rings (SSSR count). The summed E-state index contributed by atoms with van der Waals surface area (Å²) in [4.78, 5) is 30.7. The minimum atomic E-state index is -2.92. The molecule has 1 saturated heterocycles. The van der Waals surface area contributed by atoms with Crippen molar-refractivity contribution in [1.82, 2.24) is 15.1 Å². The molecule has 0 bridgehead atoms. The second-order valence-electron chi connectivity index (χ2n) is 10.6. The van der Waals surface area contributed by atoms with Gasteiger partial charge in [0.1, 0.15) is 5.75 Å². The molecular weight excluding hydrogens is 558 g/mol. The van der Waals surface area contributed by atoms with Gasteiger partial charge in [-0.05, 0) is 63.2 Å². The first-order valence-electron chi connectivity index (χ1n) is 15.5. The fourth-order valence-electron chi connectivity index (χ4n) is 4.48. The van der Waals surface area contributed by atoms with Crippen molar-refractivity contribution in [3.8, 4) is 5.75 Å². The van der Waals surface area contributed by atoms with Gasteiger partial charge in [0.25, 0.3) is 11.0 Å². The zero-order chi connectivity index (χ0) is 31.8. The number of nitrogens with one attached hydrogen (secondary N) is 1. The maximum absolute atomic E-state index is 13.6. The van der Waals surface area contributed by atoms with Crippen LogP contribution in [0.15, 0.2) is 54.6 Å². The zero-order valence-electron chi connectivity index (χ0n) is 26.2. The van der Waals surface area contributed by atoms with Gasteiger partial charge in [0, 0.05) is 52.2 Å². The number of para-hydroxylation sites is 1. The molecule has 1 N–H and O–H groups in total. The lowest BCUT2D eigenvalue weighted by Gasteiger charge is -2.34. The number of nitrogens with zero attached hydrogens (tertiary/aromatic N) is 3. The van der Waals surface area contributed by atoms with Crippen molar-refractivity contribution in [2.45, 2.75) is 71.6 Å². The number of ether oxygens (including phenoxy) is 1. The summed E-state index contributed by atoms with van der Waals surface area (Å²) in [5, 5.41) is 12.3. The molecule has 1 fully saturated rings. The van der Waals surface area contributed by atoms with Crippen molar-refractivity contribution in [2.24, 2.45) is 5.92 Å². The number of benzene rings is 1. The molecule has 1 atom stereocenters. The van der Waals surface area contributed by atoms with Crippen LogP contribution in [-0.2, 0) is 9.63 Å². The highest BCUT2D eigenvalue weighted by Crippen LogP contribution is 2.21. The average Bonchev–Trinajstić information content (AvgIpc) is 3.00. The van der Waals surface area contributed by atoms with Crippen LogP contribution < -0.4 is 10.1 Å². The largest absolute Gasteiger partial charge is 0.487 e. The van der Waals surface area contributed by atoms with E-state index in [1.54, 1.807) is 30.3 Å². The predicted octanol–water partition coefficient (Wildman–Crippen LogP) is 6.15. The van der Waals surface area contributed by atoms with Gasteiger partial charge in [0.05, 0.1) is 6.61 Å². The molecule has 1 aliphatic heterocycles. The molecular formula is C32H52F2N4O5. The van der Waals surface area contributed by atoms with E-state index in [1.807, 2.05) is 26.0 Å². The Bertz CT molecular complexity index is 926. The van der Waals surface area contributed by atoms with Gasteiger partial charge in [-0.1, -0.05) is 56.7 Å². The van der Waals surface area contributed by atoms with Crippen molar-refractivity contribution < 1.29 is 28.2 Å². The lowest BCUT2D eigenvalue weighted by molar-refractivity contribution is -0.757. The van der Waals surface area contributed by atoms with E-state index in [2.05, 4.69) is 33.0 Å². The SMILES string of the molecule is C/C=C\CCCC(=O)NCCN1CCN(CCCO[N+](=O)[O-])CC1.CCCC(/C=C/C(F)(F)COc1ccccc1)CC. The van der Waals surface area contributed by atoms with Crippen LogP contribution in [0.3, 0.4) is 0 Å². The Hall–Kier alpha value is -3.05. The van der Waals surface area contributed by atoms with E-state index in [1.165, 1.54) is 0 Å². The van der Waals surface area contributed by atoms with E-state index < -0.39 is 17.6 Å². The number of allylic oxidation sites excluding steroid dienone is 3. The molecule has 11 heteroatoms. The first kappa shape index (κ1) is 38.0. The van der Waals surface area contributed by atoms with Crippen molar-refractivity contribution in [1.29, 1.82) is 0 Å². The number of hydrogen-bond acceptors (Lipinski definition) is 7. The van der Waals surface area contributed by atoms with Crippen LogP contribution in [0.25, 0.3) is 0 Å². The number of carbonyl (C=O) groups excluding carboxylic acids is 1. The molecule has 0 aromatic heterocycles. The Kier molecular flexibility index (Phi) is 20.7. The van der Waals surface area contributed by atoms with Crippen molar-refractivity contribution in [3.05, 3.63) is 64.8 Å². The molecule has 0 saturated carbocycles. The predicted molar refractivity (Wildman–Crippen MR) is 167 cm³/mol. The summed E-state index contributed by atoms with van der Waals surface area (Å²) in [6.07, 6.45) is 12.7. The van der Waals surface area contributed by atoms with Gasteiger partial charge in [-0.25, -0.2) is 0 Å². The van der Waals surface area contributed by atoms with E-state index in [4.69, 9.17) is 4.74 Å². The third-order valence-electron chi connectivity index (χ3n) is 7.01. The highest BCUT2D eigenvalue weighted by Gasteiger charge is 2.26. The molecule has 1 aliphatic rings. The fourth-order valence-corrected chi connectivity index (χ4v) is 4.48. The van der Waals surface area contributed by atoms with Gasteiger partial charge < -0.3 is 19.8 Å². The van der Waals surface area contributed by atoms with Crippen LogP contribution in [-0.4, -0.2) is 85.7 Å². The summed E-state index contributed by atoms with van der Waals surface area (Å²) >= 11 is 0. The van der Waals surface area contributed by atoms with Crippen molar-refractivity contribution in [3.63, 3.8) is 0 Å². The summed E-state index contributed by atoms with van der Waals surface area (Å²) in [7, 11) is 0. The summed E-state index contributed by atoms with van der Waals surface area (Å²) in [5.41, 5.74) is 0. The second kappa shape index (κ2) is 23.4. The maximum Gasteiger partial charge on any atom is 0.299 e. The summed E-state index contributed by atoms with van der Waals surface area (Å²) in [6, 6.07) is 8.69. The fraction of sp³-hybridized carbons (Fsp3) is 0.656. The third kappa shape index (κ3) is 20.5. The smallest absolute Gasteiger partial charge is 0.299 e. The Labute approximate surface area is 256 Å². The number of hydrogen-bond donors (Lipinski definition) is 1. The molecule has 244 valence electrons. The summed E-state index contributed by atoms with van der Waals surface area (Å²) in [5.74, 6) is -2.09. The normalized spacial score (nSPS) is 15.2. The Morgan fingerprint density at radius 1 is 1.12 bits per heavy atom. The standard InChI is InChI=1S/C16H22F2O.C16H30N4O4/c1-3-8-14(4-2)11-12-16(17,18)13-19-15-9-6-5-7-10-15;1-2-3-4-5-7-16(21)17-8-10-19-13-11-18(12-14-19)9-6-15-24-20(22)23/h5-7,9-12,14H,3-4,8,13H2,1-2H3;2-3H,4-15H2,1H3,(H,17,21)/b12-11+;3-2-. The number of rotatable bonds is 20. The maximum atomic E-state index is 13.6. The highest BCUT2D eigenvalue weighted by atomic mass is 19.3. The number of unbranched alkanes of at least 4 members (excludes halogenated alkanes) is 1. The summed E-state index contributed by atoms with van der Waals surface area (Å²) in [6.45, 7) is 11.8. The van der Waals surface area contributed by atoms with Crippen molar-refractivity contribution >= 4 is 5.91 Å². The number of alkyl halides is 2. The van der Waals surface area contributed by atoms with Crippen LogP contribution in [0.1, 0.15) is 65.7 Å². The Balaban J connectivity index is 0.000000442. The van der Waals surface area contributed by atoms with E-state index in [-0.39, 0.29) is 18.4 Å². The average molecular weight is 611 g/mol. The molecule has 0 spiro atoms. The molecule has 1 amide bonds. The zero-order valence-corrected chi connectivity index (χ0v) is 26.2. The first-order chi connectivity index (χ1) is 20.7. The molecule has 0 radical (unpaired) electrons. The van der Waals surface area contributed by atoms with Crippen LogP contribution >= 0.6 is 0 Å². The molecule has 1 aromatic carbocycles. The molecule has 1 heterocycles. The Morgan fingerprint density at radius 2 is 1.79 bits per heavy atom. The minimum absolute atomic E-state index is 0.129. The third-order valence-corrected chi connectivity index (χ3v) is 7.01. The van der Waals surface area contributed by atoms with Crippen LogP contribution in [0.2, 0.25) is 0 Å². The number of halogens is 2. The van der Waals surface area contributed by atoms with Gasteiger partial charge in [-0.3, -0.25) is 9.69 Å². The molecule has 0 aliphatic carbocycles. The number of piperazine rings is 1. The number of carbonyl (C=O) groups is 1. The van der Waals surface area contributed by atoms with Gasteiger partial charge in [0.15, 0.2) is 6.61 Å². The van der Waals surface area contributed by atoms with Crippen LogP contribution in [0.5, 0.6) is 5.75 Å². The quantitative estimate of drug-likeness (QED) is 0.0819. The van der Waals surface area contributed by atoms with E-state index in [0.29, 0.717) is 25.1 Å². The monoisotopic (exact) mass is 610 g/mol. The molecule has 43 heavy (non-hydrogen) atoms. The van der Waals surface area contributed by atoms with Crippen molar-refractivity contribution in [2.75, 3.05) is 59.0 Å². The Morgan fingerprint density at radius 3 is 2.40 bits per heavy atom. The van der Waals surface area contributed by atoms with E-state index in [9.17, 15) is 23.7 Å². The lowest BCUT2D eigenvalue weighted by atomic mass is 10.00. The summed E-state index contributed by atoms with van der Waals surface area (Å²) < 4.78 is 32.4. The minimum Gasteiger partial charge on any atom is -0.487 e. The van der Waals surface area contributed by atoms with Crippen LogP contribution in [0.4, 0.5) is 8.78 Å². The van der Waals surface area contributed by atoms with Gasteiger partial charge in [-0.2, -0.15) is 8.78 Å². The first-order valence-corrected chi connectivity index (χ1v) is 15.5. The highest BCUT2D eigenvalue weighted by molar-refractivity contribution is 5.75. The second-order valence-corrected chi connectivity index (χ2v) is 10.6. The lowest BCUT2D eigenvalue weighted by Crippen LogP contribution is -2.48. The van der Waals surface area contributed by atoms with E-state index in [0.717, 1.165) is 77.4 Å². The van der Waals surface area contributed by atoms with Gasteiger partial charge in [-0.15, -0.1) is 10.1 Å². The topological polar surface area (TPSA) is 97.2 Å². The van der Waals surface area contributed by atoms with Gasteiger partial charge >= 0.3 is 0 Å².